The van der Waals surface area contributed by atoms with Gasteiger partial charge < -0.3 is 9.97 Å². The maximum atomic E-state index is 8.06. The summed E-state index contributed by atoms with van der Waals surface area (Å²) in [5.74, 6) is 0. The molecule has 0 amide bonds. The summed E-state index contributed by atoms with van der Waals surface area (Å²) in [6.07, 6.45) is 3.28. The van der Waals surface area contributed by atoms with Crippen molar-refractivity contribution in [3.05, 3.63) is 180 Å². The largest absolute Gasteiger partial charge is 0.305 e. The average Bonchev–Trinajstić information content (AvgIpc) is 3.57. The molecule has 0 saturated heterocycles. The second kappa shape index (κ2) is 14.8. The fourth-order valence-corrected chi connectivity index (χ4v) is 7.18. The molecule has 0 aliphatic rings. The number of aromatic nitrogens is 2. The number of rotatable bonds is 5. The zero-order chi connectivity index (χ0) is 38.1. The molecule has 0 bridgehead atoms. The Morgan fingerprint density at radius 1 is 0.694 bits per heavy atom. The predicted octanol–water partition coefficient (Wildman–Crippen LogP) is 12.1. The van der Waals surface area contributed by atoms with E-state index < -0.39 is 13.7 Å². The Kier molecular flexibility index (Phi) is 8.20. The van der Waals surface area contributed by atoms with Crippen LogP contribution in [-0.4, -0.2) is 9.97 Å². The number of aryl methyl sites for hydroxylation is 2. The summed E-state index contributed by atoms with van der Waals surface area (Å²) in [7, 11) is 0. The van der Waals surface area contributed by atoms with E-state index in [1.807, 2.05) is 97.2 Å². The van der Waals surface area contributed by atoms with Gasteiger partial charge in [0.1, 0.15) is 0 Å². The van der Waals surface area contributed by atoms with E-state index in [1.165, 1.54) is 11.8 Å². The summed E-state index contributed by atoms with van der Waals surface area (Å²) in [5.41, 5.74) is 7.55. The van der Waals surface area contributed by atoms with Crippen LogP contribution in [0.15, 0.2) is 146 Å². The van der Waals surface area contributed by atoms with E-state index in [4.69, 9.17) is 8.22 Å². The summed E-state index contributed by atoms with van der Waals surface area (Å²) in [6, 6.07) is 49.4. The number of thiophene rings is 1. The van der Waals surface area contributed by atoms with Gasteiger partial charge in [0.2, 0.25) is 0 Å². The van der Waals surface area contributed by atoms with Gasteiger partial charge in [-0.3, -0.25) is 0 Å². The molecule has 3 aromatic heterocycles. The molecule has 5 aromatic carbocycles. The summed E-state index contributed by atoms with van der Waals surface area (Å²) in [6.45, 7) is 0.00857. The number of nitrogens with zero attached hydrogens (tertiary/aromatic N) is 2. The van der Waals surface area contributed by atoms with Crippen molar-refractivity contribution < 1.29 is 28.3 Å². The van der Waals surface area contributed by atoms with Crippen LogP contribution in [0.3, 0.4) is 0 Å². The van der Waals surface area contributed by atoms with Crippen LogP contribution in [0.5, 0.6) is 0 Å². The van der Waals surface area contributed by atoms with Crippen molar-refractivity contribution >= 4 is 31.5 Å². The van der Waals surface area contributed by atoms with Crippen molar-refractivity contribution in [1.29, 1.82) is 0 Å². The van der Waals surface area contributed by atoms with E-state index in [0.29, 0.717) is 16.8 Å². The molecule has 243 valence electrons. The molecule has 0 N–H and O–H groups in total. The molecule has 2 nitrogen and oxygen atoms in total. The first-order valence-electron chi connectivity index (χ1n) is 18.7. The first kappa shape index (κ1) is 27.1. The number of hydrogen-bond acceptors (Lipinski definition) is 3. The van der Waals surface area contributed by atoms with Crippen molar-refractivity contribution in [3.63, 3.8) is 0 Å². The quantitative estimate of drug-likeness (QED) is 0.161. The van der Waals surface area contributed by atoms with Gasteiger partial charge in [0.15, 0.2) is 0 Å². The minimum absolute atomic E-state index is 0. The molecule has 0 saturated carbocycles. The Morgan fingerprint density at radius 3 is 2.18 bits per heavy atom. The molecule has 3 heterocycles. The molecule has 8 rings (SSSR count). The number of benzene rings is 5. The van der Waals surface area contributed by atoms with Gasteiger partial charge in [0.25, 0.3) is 0 Å². The summed E-state index contributed by atoms with van der Waals surface area (Å²) in [5, 5.41) is 1.75. The number of pyridine rings is 2. The van der Waals surface area contributed by atoms with Gasteiger partial charge in [-0.2, -0.15) is 11.3 Å². The molecule has 1 radical (unpaired) electrons. The first-order valence-corrected chi connectivity index (χ1v) is 16.6. The maximum absolute atomic E-state index is 8.06. The van der Waals surface area contributed by atoms with Gasteiger partial charge in [-0.05, 0) is 68.3 Å². The number of fused-ring (bicyclic) bond motifs is 3. The van der Waals surface area contributed by atoms with E-state index in [2.05, 4.69) is 72.3 Å². The molecule has 0 spiro atoms. The van der Waals surface area contributed by atoms with Crippen molar-refractivity contribution in [2.24, 2.45) is 0 Å². The molecule has 0 aliphatic heterocycles. The summed E-state index contributed by atoms with van der Waals surface area (Å²) >= 11 is 1.60. The molecule has 0 unspecified atom stereocenters. The Balaban J connectivity index is 0.000000196. The third-order valence-electron chi connectivity index (χ3n) is 8.66. The maximum Gasteiger partial charge on any atom is 0.0280 e. The van der Waals surface area contributed by atoms with Gasteiger partial charge >= 0.3 is 0 Å². The van der Waals surface area contributed by atoms with Crippen LogP contribution in [0.25, 0.3) is 53.8 Å². The molecule has 0 atom stereocenters. The van der Waals surface area contributed by atoms with Crippen molar-refractivity contribution in [2.45, 2.75) is 33.0 Å². The fraction of sp³-hybridized carbons (Fsp3) is 0.111. The van der Waals surface area contributed by atoms with Crippen LogP contribution in [-0.2, 0) is 25.5 Å². The van der Waals surface area contributed by atoms with E-state index >= 15 is 0 Å². The number of hydrogen-bond donors (Lipinski definition) is 0. The topological polar surface area (TPSA) is 25.8 Å². The van der Waals surface area contributed by atoms with Gasteiger partial charge in [-0.25, -0.2) is 0 Å². The van der Waals surface area contributed by atoms with Crippen LogP contribution in [0.2, 0.25) is 0 Å². The zero-order valence-corrected chi connectivity index (χ0v) is 30.2. The average molecular weight is 835 g/mol. The minimum Gasteiger partial charge on any atom is -0.305 e. The summed E-state index contributed by atoms with van der Waals surface area (Å²) < 4.78 is 49.3. The van der Waals surface area contributed by atoms with E-state index in [1.54, 1.807) is 17.4 Å². The molecule has 4 heteroatoms. The molecule has 49 heavy (non-hydrogen) atoms. The van der Waals surface area contributed by atoms with Crippen LogP contribution < -0.4 is 0 Å². The molecular weight excluding hydrogens is 793 g/mol. The molecule has 8 aromatic rings. The van der Waals surface area contributed by atoms with E-state index in [-0.39, 0.29) is 31.1 Å². The molecular formula is C45H36IrN2S-2. The second-order valence-corrected chi connectivity index (χ2v) is 13.1. The predicted molar refractivity (Wildman–Crippen MR) is 203 cm³/mol. The van der Waals surface area contributed by atoms with Crippen LogP contribution in [0.4, 0.5) is 0 Å². The van der Waals surface area contributed by atoms with Crippen molar-refractivity contribution in [1.82, 2.24) is 9.97 Å². The summed E-state index contributed by atoms with van der Waals surface area (Å²) in [4.78, 5) is 8.97. The van der Waals surface area contributed by atoms with E-state index in [9.17, 15) is 0 Å². The van der Waals surface area contributed by atoms with Crippen molar-refractivity contribution in [2.75, 3.05) is 0 Å². The monoisotopic (exact) mass is 835 g/mol. The van der Waals surface area contributed by atoms with E-state index in [0.717, 1.165) is 48.1 Å². The van der Waals surface area contributed by atoms with Crippen molar-refractivity contribution in [3.8, 4) is 33.6 Å². The second-order valence-electron chi connectivity index (χ2n) is 12.1. The Bertz CT molecular complexity index is 2550. The Hall–Kier alpha value is -4.73. The van der Waals surface area contributed by atoms with Crippen LogP contribution >= 0.6 is 11.3 Å². The molecule has 0 aliphatic carbocycles. The molecule has 0 fully saturated rings. The first-order chi connectivity index (χ1) is 25.8. The van der Waals surface area contributed by atoms with Gasteiger partial charge in [-0.1, -0.05) is 117 Å². The zero-order valence-electron chi connectivity index (χ0n) is 33.0. The standard InChI is InChI=1S/C27H22NS.C18H14N.Ir/c1-18-13-14-21(26-25(18)22-11-7-8-12-24(22)29-26)23-17-20(15-16-28-23)27(2,3)19-9-5-4-6-10-19;1-14-13-19-18(16-10-6-3-7-11-16)12-17(14)15-8-4-2-5-9-15;/h4-13,15-17H,1-3H3;2-10,12-13H,1H3;/q2*-1;/i2*1D3;. The van der Waals surface area contributed by atoms with Crippen LogP contribution in [0, 0.1) is 25.8 Å². The Morgan fingerprint density at radius 2 is 1.43 bits per heavy atom. The fourth-order valence-electron chi connectivity index (χ4n) is 5.95. The third-order valence-corrected chi connectivity index (χ3v) is 9.85. The van der Waals surface area contributed by atoms with Gasteiger partial charge in [0, 0.05) is 50.8 Å². The van der Waals surface area contributed by atoms with Gasteiger partial charge in [0.05, 0.1) is 0 Å². The van der Waals surface area contributed by atoms with Gasteiger partial charge in [-0.15, -0.1) is 59.2 Å². The normalized spacial score (nSPS) is 13.4. The Labute approximate surface area is 315 Å². The SMILES string of the molecule is [2H]C([2H])([2H])c1c[c-]c(-c2cc(C(C)(C)c3ccccc3)ccn2)c2sc3ccccc3c12.[2H]C([2H])([2H])c1cnc(-c2[c-]cccc2)cc1-c1ccccc1.[Ir]. The minimum atomic E-state index is -2.21. The van der Waals surface area contributed by atoms with Crippen LogP contribution in [0.1, 0.15) is 44.3 Å². The smallest absolute Gasteiger partial charge is 0.0280 e. The third kappa shape index (κ3) is 7.05.